The van der Waals surface area contributed by atoms with Crippen LogP contribution in [0.4, 0.5) is 0 Å². The molecule has 2 aromatic carbocycles. The molecular formula is C24H24ClNO5S. The Labute approximate surface area is 192 Å². The van der Waals surface area contributed by atoms with E-state index in [1.165, 1.54) is 0 Å². The van der Waals surface area contributed by atoms with Crippen LogP contribution in [0.1, 0.15) is 29.5 Å². The van der Waals surface area contributed by atoms with Crippen LogP contribution in [0.3, 0.4) is 0 Å². The number of hydrogen-bond acceptors (Lipinski definition) is 5. The van der Waals surface area contributed by atoms with Crippen LogP contribution in [-0.2, 0) is 16.4 Å². The van der Waals surface area contributed by atoms with Crippen LogP contribution in [-0.4, -0.2) is 43.4 Å². The van der Waals surface area contributed by atoms with E-state index in [-0.39, 0.29) is 24.0 Å². The minimum Gasteiger partial charge on any atom is -0.494 e. The summed E-state index contributed by atoms with van der Waals surface area (Å²) in [5.74, 6) is 1.57. The van der Waals surface area contributed by atoms with Crippen molar-refractivity contribution in [1.82, 2.24) is 4.90 Å². The molecule has 1 unspecified atom stereocenters. The number of benzene rings is 2. The summed E-state index contributed by atoms with van der Waals surface area (Å²) in [6.45, 7) is 2.53. The van der Waals surface area contributed by atoms with E-state index in [1.54, 1.807) is 47.4 Å². The molecule has 8 heteroatoms. The third kappa shape index (κ3) is 5.16. The summed E-state index contributed by atoms with van der Waals surface area (Å²) in [4.78, 5) is 15.0. The number of sulfone groups is 1. The molecule has 0 spiro atoms. The fourth-order valence-corrected chi connectivity index (χ4v) is 5.79. The molecule has 0 bridgehead atoms. The molecule has 0 radical (unpaired) electrons. The van der Waals surface area contributed by atoms with Crippen molar-refractivity contribution in [3.63, 3.8) is 0 Å². The van der Waals surface area contributed by atoms with Gasteiger partial charge in [-0.3, -0.25) is 4.79 Å². The van der Waals surface area contributed by atoms with E-state index < -0.39 is 15.9 Å². The molecule has 2 heterocycles. The highest BCUT2D eigenvalue weighted by Gasteiger charge is 2.35. The maximum absolute atomic E-state index is 13.4. The van der Waals surface area contributed by atoms with Crippen LogP contribution in [0.5, 0.6) is 5.75 Å². The van der Waals surface area contributed by atoms with Crippen molar-refractivity contribution in [1.29, 1.82) is 0 Å². The second-order valence-electron chi connectivity index (χ2n) is 7.73. The predicted molar refractivity (Wildman–Crippen MR) is 124 cm³/mol. The van der Waals surface area contributed by atoms with Gasteiger partial charge in [0.25, 0.3) is 5.91 Å². The van der Waals surface area contributed by atoms with E-state index in [4.69, 9.17) is 20.8 Å². The Morgan fingerprint density at radius 3 is 2.69 bits per heavy atom. The molecule has 3 aromatic rings. The minimum atomic E-state index is -3.17. The third-order valence-electron chi connectivity index (χ3n) is 5.40. The average Bonchev–Trinajstić information content (AvgIpc) is 3.38. The fraction of sp³-hybridized carbons (Fsp3) is 0.292. The first-order valence-electron chi connectivity index (χ1n) is 10.4. The summed E-state index contributed by atoms with van der Waals surface area (Å²) < 4.78 is 35.8. The Morgan fingerprint density at radius 2 is 1.97 bits per heavy atom. The number of nitrogens with zero attached hydrogens (tertiary/aromatic N) is 1. The highest BCUT2D eigenvalue weighted by atomic mass is 35.5. The van der Waals surface area contributed by atoms with Gasteiger partial charge < -0.3 is 14.1 Å². The Bertz CT molecular complexity index is 1220. The number of hydrogen-bond donors (Lipinski definition) is 0. The van der Waals surface area contributed by atoms with Gasteiger partial charge in [0.15, 0.2) is 9.84 Å². The van der Waals surface area contributed by atoms with Crippen molar-refractivity contribution in [2.75, 3.05) is 18.1 Å². The molecule has 1 amide bonds. The summed E-state index contributed by atoms with van der Waals surface area (Å²) in [6, 6.07) is 17.5. The first-order valence-corrected chi connectivity index (χ1v) is 12.6. The van der Waals surface area contributed by atoms with E-state index >= 15 is 0 Å². The summed E-state index contributed by atoms with van der Waals surface area (Å²) in [5, 5.41) is 0.600. The Morgan fingerprint density at radius 1 is 1.16 bits per heavy atom. The van der Waals surface area contributed by atoms with Gasteiger partial charge >= 0.3 is 0 Å². The Hall–Kier alpha value is -2.77. The molecule has 168 valence electrons. The molecule has 1 aliphatic heterocycles. The van der Waals surface area contributed by atoms with Gasteiger partial charge in [-0.05, 0) is 55.8 Å². The summed E-state index contributed by atoms with van der Waals surface area (Å²) in [5.41, 5.74) is 1.27. The van der Waals surface area contributed by atoms with E-state index in [0.29, 0.717) is 40.9 Å². The smallest absolute Gasteiger partial charge is 0.254 e. The Balaban J connectivity index is 1.62. The number of carbonyl (C=O) groups excluding carboxylic acids is 1. The van der Waals surface area contributed by atoms with Gasteiger partial charge in [0.1, 0.15) is 17.3 Å². The number of amides is 1. The molecule has 1 aromatic heterocycles. The Kier molecular flexibility index (Phi) is 6.58. The molecule has 1 aliphatic rings. The number of ether oxygens (including phenoxy) is 1. The van der Waals surface area contributed by atoms with Crippen molar-refractivity contribution >= 4 is 27.3 Å². The monoisotopic (exact) mass is 473 g/mol. The molecule has 0 aliphatic carbocycles. The lowest BCUT2D eigenvalue weighted by Crippen LogP contribution is -2.40. The molecule has 32 heavy (non-hydrogen) atoms. The zero-order valence-electron chi connectivity index (χ0n) is 17.7. The third-order valence-corrected chi connectivity index (χ3v) is 7.38. The van der Waals surface area contributed by atoms with Crippen LogP contribution in [0.25, 0.3) is 11.3 Å². The molecular weight excluding hydrogens is 450 g/mol. The van der Waals surface area contributed by atoms with Gasteiger partial charge in [-0.25, -0.2) is 8.42 Å². The van der Waals surface area contributed by atoms with Crippen molar-refractivity contribution in [3.8, 4) is 17.1 Å². The van der Waals surface area contributed by atoms with Crippen molar-refractivity contribution in [3.05, 3.63) is 77.0 Å². The maximum atomic E-state index is 13.4. The lowest BCUT2D eigenvalue weighted by molar-refractivity contribution is 0.0666. The fourth-order valence-electron chi connectivity index (χ4n) is 3.87. The number of carbonyl (C=O) groups is 1. The first kappa shape index (κ1) is 22.4. The molecule has 1 fully saturated rings. The zero-order valence-corrected chi connectivity index (χ0v) is 19.2. The lowest BCUT2D eigenvalue weighted by atomic mass is 10.1. The van der Waals surface area contributed by atoms with Crippen LogP contribution in [0, 0.1) is 0 Å². The van der Waals surface area contributed by atoms with Crippen molar-refractivity contribution in [2.45, 2.75) is 25.9 Å². The normalized spacial score (nSPS) is 17.2. The lowest BCUT2D eigenvalue weighted by Gasteiger charge is -2.27. The zero-order chi connectivity index (χ0) is 22.7. The van der Waals surface area contributed by atoms with Gasteiger partial charge in [-0.2, -0.15) is 0 Å². The van der Waals surface area contributed by atoms with Crippen LogP contribution < -0.4 is 4.74 Å². The number of furan rings is 1. The summed E-state index contributed by atoms with van der Waals surface area (Å²) >= 11 is 6.08. The van der Waals surface area contributed by atoms with Crippen LogP contribution >= 0.6 is 11.6 Å². The van der Waals surface area contributed by atoms with Gasteiger partial charge in [0, 0.05) is 22.2 Å². The van der Waals surface area contributed by atoms with Crippen LogP contribution in [0.2, 0.25) is 5.02 Å². The van der Waals surface area contributed by atoms with E-state index in [2.05, 4.69) is 0 Å². The highest BCUT2D eigenvalue weighted by molar-refractivity contribution is 7.91. The van der Waals surface area contributed by atoms with Crippen LogP contribution in [0.15, 0.2) is 65.1 Å². The number of rotatable bonds is 7. The maximum Gasteiger partial charge on any atom is 0.254 e. The largest absolute Gasteiger partial charge is 0.494 e. The molecule has 1 saturated heterocycles. The second kappa shape index (κ2) is 9.38. The number of halogens is 1. The minimum absolute atomic E-state index is 0.0499. The van der Waals surface area contributed by atoms with Crippen molar-refractivity contribution in [2.24, 2.45) is 0 Å². The molecule has 1 atom stereocenters. The predicted octanol–water partition coefficient (Wildman–Crippen LogP) is 4.83. The van der Waals surface area contributed by atoms with E-state index in [1.807, 2.05) is 25.1 Å². The van der Waals surface area contributed by atoms with Gasteiger partial charge in [-0.1, -0.05) is 29.8 Å². The van der Waals surface area contributed by atoms with E-state index in [0.717, 1.165) is 5.56 Å². The quantitative estimate of drug-likeness (QED) is 0.491. The molecule has 6 nitrogen and oxygen atoms in total. The van der Waals surface area contributed by atoms with Gasteiger partial charge in [-0.15, -0.1) is 0 Å². The average molecular weight is 474 g/mol. The van der Waals surface area contributed by atoms with E-state index in [9.17, 15) is 13.2 Å². The highest BCUT2D eigenvalue weighted by Crippen LogP contribution is 2.28. The van der Waals surface area contributed by atoms with Gasteiger partial charge in [0.05, 0.1) is 24.7 Å². The first-order chi connectivity index (χ1) is 15.3. The second-order valence-corrected chi connectivity index (χ2v) is 10.4. The van der Waals surface area contributed by atoms with Gasteiger partial charge in [0.2, 0.25) is 0 Å². The topological polar surface area (TPSA) is 76.8 Å². The molecule has 0 N–H and O–H groups in total. The SMILES string of the molecule is CCOc1cccc(C(=O)N(Cc2ccc(-c3cccc(Cl)c3)o2)C2CCS(=O)(=O)C2)c1. The van der Waals surface area contributed by atoms with Crippen molar-refractivity contribution < 1.29 is 22.4 Å². The summed E-state index contributed by atoms with van der Waals surface area (Å²) in [6.07, 6.45) is 0.404. The molecule has 4 rings (SSSR count). The molecule has 0 saturated carbocycles. The standard InChI is InChI=1S/C24H24ClNO5S/c1-2-30-21-8-4-6-18(14-21)24(27)26(20-11-12-32(28,29)16-20)15-22-9-10-23(31-22)17-5-3-7-19(25)13-17/h3-10,13-14,20H,2,11-12,15-16H2,1H3. The summed E-state index contributed by atoms with van der Waals surface area (Å²) in [7, 11) is -3.17.